The summed E-state index contributed by atoms with van der Waals surface area (Å²) in [7, 11) is 1.64. The van der Waals surface area contributed by atoms with E-state index >= 15 is 0 Å². The van der Waals surface area contributed by atoms with Gasteiger partial charge in [-0.2, -0.15) is 0 Å². The standard InChI is InChI=1S/C31H57N3O11/c1-9-15-38-21-23-42-25-26-43-24-22-39-16-10-27(35)34(13-19-40-17-11-32-28(36)44-30(2,3)4)14-20-41-18-12-33(8)29(37)45-31(5,6)7/h1H,10-26H2,2-8H3,(H,32,36). The van der Waals surface area contributed by atoms with Crippen LogP contribution in [0.4, 0.5) is 9.59 Å². The van der Waals surface area contributed by atoms with E-state index in [2.05, 4.69) is 11.2 Å². The number of hydrogen-bond donors (Lipinski definition) is 1. The molecule has 0 rings (SSSR count). The normalized spacial score (nSPS) is 11.5. The molecule has 1 N–H and O–H groups in total. The summed E-state index contributed by atoms with van der Waals surface area (Å²) in [4.78, 5) is 39.8. The van der Waals surface area contributed by atoms with E-state index in [9.17, 15) is 14.4 Å². The van der Waals surface area contributed by atoms with Gasteiger partial charge in [0.15, 0.2) is 0 Å². The van der Waals surface area contributed by atoms with Gasteiger partial charge in [-0.15, -0.1) is 6.42 Å². The molecular formula is C31H57N3O11. The van der Waals surface area contributed by atoms with Crippen molar-refractivity contribution in [3.63, 3.8) is 0 Å². The van der Waals surface area contributed by atoms with Gasteiger partial charge in [-0.3, -0.25) is 4.79 Å². The van der Waals surface area contributed by atoms with Crippen LogP contribution in [0.15, 0.2) is 0 Å². The molecule has 0 atom stereocenters. The first-order valence-corrected chi connectivity index (χ1v) is 15.3. The molecule has 0 aromatic rings. The summed E-state index contributed by atoms with van der Waals surface area (Å²) in [5, 5.41) is 2.63. The van der Waals surface area contributed by atoms with Crippen molar-refractivity contribution in [1.82, 2.24) is 15.1 Å². The molecule has 0 aromatic heterocycles. The Bertz CT molecular complexity index is 838. The van der Waals surface area contributed by atoms with Gasteiger partial charge >= 0.3 is 12.2 Å². The molecular weight excluding hydrogens is 590 g/mol. The number of terminal acetylenes is 1. The highest BCUT2D eigenvalue weighted by atomic mass is 16.6. The topological polar surface area (TPSA) is 144 Å². The van der Waals surface area contributed by atoms with Crippen LogP contribution in [0.2, 0.25) is 0 Å². The zero-order valence-electron chi connectivity index (χ0n) is 28.5. The van der Waals surface area contributed by atoms with Crippen LogP contribution in [0.25, 0.3) is 0 Å². The van der Waals surface area contributed by atoms with Crippen LogP contribution in [0.1, 0.15) is 48.0 Å². The van der Waals surface area contributed by atoms with Crippen LogP contribution in [-0.2, 0) is 42.7 Å². The van der Waals surface area contributed by atoms with Gasteiger partial charge in [-0.05, 0) is 41.5 Å². The van der Waals surface area contributed by atoms with E-state index in [4.69, 9.17) is 44.3 Å². The first-order chi connectivity index (χ1) is 21.2. The Morgan fingerprint density at radius 3 is 1.64 bits per heavy atom. The maximum absolute atomic E-state index is 12.9. The predicted octanol–water partition coefficient (Wildman–Crippen LogP) is 2.33. The first kappa shape index (κ1) is 42.3. The summed E-state index contributed by atoms with van der Waals surface area (Å²) < 4.78 is 43.3. The van der Waals surface area contributed by atoms with Crippen LogP contribution < -0.4 is 5.32 Å². The highest BCUT2D eigenvalue weighted by molar-refractivity contribution is 5.76. The molecule has 14 nitrogen and oxygen atoms in total. The average molecular weight is 648 g/mol. The molecule has 14 heteroatoms. The molecule has 0 unspecified atom stereocenters. The molecule has 45 heavy (non-hydrogen) atoms. The number of carbonyl (C=O) groups is 3. The van der Waals surface area contributed by atoms with Crippen LogP contribution >= 0.6 is 0 Å². The van der Waals surface area contributed by atoms with E-state index in [1.807, 2.05) is 0 Å². The molecule has 0 spiro atoms. The van der Waals surface area contributed by atoms with Crippen LogP contribution in [0, 0.1) is 12.3 Å². The van der Waals surface area contributed by atoms with Crippen molar-refractivity contribution < 1.29 is 52.3 Å². The lowest BCUT2D eigenvalue weighted by Gasteiger charge is -2.25. The minimum atomic E-state index is -0.580. The van der Waals surface area contributed by atoms with E-state index in [-0.39, 0.29) is 58.5 Å². The van der Waals surface area contributed by atoms with Crippen molar-refractivity contribution in [2.45, 2.75) is 59.2 Å². The third-order valence-electron chi connectivity index (χ3n) is 5.32. The fourth-order valence-electron chi connectivity index (χ4n) is 3.20. The molecule has 3 amide bonds. The molecule has 0 bridgehead atoms. The van der Waals surface area contributed by atoms with Gasteiger partial charge in [0.1, 0.15) is 17.8 Å². The Morgan fingerprint density at radius 2 is 1.11 bits per heavy atom. The minimum absolute atomic E-state index is 0.110. The number of likely N-dealkylation sites (N-methyl/N-ethyl adjacent to an activating group) is 1. The third-order valence-corrected chi connectivity index (χ3v) is 5.32. The van der Waals surface area contributed by atoms with E-state index in [1.165, 1.54) is 4.90 Å². The summed E-state index contributed by atoms with van der Waals surface area (Å²) in [5.74, 6) is 2.27. The maximum Gasteiger partial charge on any atom is 0.410 e. The second-order valence-corrected chi connectivity index (χ2v) is 11.8. The average Bonchev–Trinajstić information content (AvgIpc) is 2.93. The number of nitrogens with zero attached hydrogens (tertiary/aromatic N) is 2. The van der Waals surface area contributed by atoms with Crippen molar-refractivity contribution in [3.05, 3.63) is 0 Å². The fraction of sp³-hybridized carbons (Fsp3) is 0.839. The molecule has 0 aromatic carbocycles. The zero-order valence-corrected chi connectivity index (χ0v) is 28.5. The Labute approximate surface area is 269 Å². The van der Waals surface area contributed by atoms with Crippen LogP contribution in [0.3, 0.4) is 0 Å². The fourth-order valence-corrected chi connectivity index (χ4v) is 3.20. The number of hydrogen-bond acceptors (Lipinski definition) is 11. The molecule has 0 fully saturated rings. The number of rotatable bonds is 25. The van der Waals surface area contributed by atoms with Crippen molar-refractivity contribution >= 4 is 18.1 Å². The molecule has 262 valence electrons. The quantitative estimate of drug-likeness (QED) is 0.115. The molecule has 0 aliphatic rings. The van der Waals surface area contributed by atoms with E-state index in [0.29, 0.717) is 59.3 Å². The van der Waals surface area contributed by atoms with Crippen molar-refractivity contribution in [1.29, 1.82) is 0 Å². The molecule has 0 saturated heterocycles. The summed E-state index contributed by atoms with van der Waals surface area (Å²) in [6.45, 7) is 16.2. The van der Waals surface area contributed by atoms with E-state index in [1.54, 1.807) is 53.5 Å². The van der Waals surface area contributed by atoms with Gasteiger partial charge in [0.2, 0.25) is 5.91 Å². The number of amides is 3. The monoisotopic (exact) mass is 647 g/mol. The maximum atomic E-state index is 12.9. The smallest absolute Gasteiger partial charge is 0.410 e. The van der Waals surface area contributed by atoms with Crippen LogP contribution in [-0.4, -0.2) is 152 Å². The lowest BCUT2D eigenvalue weighted by Crippen LogP contribution is -2.39. The summed E-state index contributed by atoms with van der Waals surface area (Å²) >= 11 is 0. The van der Waals surface area contributed by atoms with Crippen molar-refractivity contribution in [2.75, 3.05) is 113 Å². The Hall–Kier alpha value is -2.67. The van der Waals surface area contributed by atoms with Gasteiger partial charge in [-0.25, -0.2) is 9.59 Å². The van der Waals surface area contributed by atoms with Crippen molar-refractivity contribution in [2.24, 2.45) is 0 Å². The zero-order chi connectivity index (χ0) is 34.0. The molecule has 0 aliphatic heterocycles. The number of carbonyl (C=O) groups excluding carboxylic acids is 3. The largest absolute Gasteiger partial charge is 0.444 e. The number of alkyl carbamates (subject to hydrolysis) is 1. The Balaban J connectivity index is 4.39. The lowest BCUT2D eigenvalue weighted by molar-refractivity contribution is -0.134. The SMILES string of the molecule is C#CCOCCOCCOCCOCCC(=O)N(CCOCCNC(=O)OC(C)(C)C)CCOCCN(C)C(=O)OC(C)(C)C. The highest BCUT2D eigenvalue weighted by Gasteiger charge is 2.20. The molecule has 0 aliphatic carbocycles. The molecule has 0 heterocycles. The van der Waals surface area contributed by atoms with Gasteiger partial charge in [-0.1, -0.05) is 5.92 Å². The summed E-state index contributed by atoms with van der Waals surface area (Å²) in [5.41, 5.74) is -1.16. The summed E-state index contributed by atoms with van der Waals surface area (Å²) in [6.07, 6.45) is 4.34. The van der Waals surface area contributed by atoms with Gasteiger partial charge < -0.3 is 53.0 Å². The van der Waals surface area contributed by atoms with Gasteiger partial charge in [0.25, 0.3) is 0 Å². The number of nitrogens with one attached hydrogen (secondary N) is 1. The van der Waals surface area contributed by atoms with Gasteiger partial charge in [0, 0.05) is 33.2 Å². The second kappa shape index (κ2) is 25.5. The summed E-state index contributed by atoms with van der Waals surface area (Å²) in [6, 6.07) is 0. The van der Waals surface area contributed by atoms with Crippen molar-refractivity contribution in [3.8, 4) is 12.3 Å². The Kier molecular flexibility index (Phi) is 24.0. The minimum Gasteiger partial charge on any atom is -0.444 e. The Morgan fingerprint density at radius 1 is 0.644 bits per heavy atom. The van der Waals surface area contributed by atoms with E-state index in [0.717, 1.165) is 0 Å². The third kappa shape index (κ3) is 28.5. The number of ether oxygens (including phenoxy) is 8. The lowest BCUT2D eigenvalue weighted by atomic mass is 10.2. The van der Waals surface area contributed by atoms with Crippen LogP contribution in [0.5, 0.6) is 0 Å². The predicted molar refractivity (Wildman–Crippen MR) is 168 cm³/mol. The molecule has 0 radical (unpaired) electrons. The van der Waals surface area contributed by atoms with Gasteiger partial charge in [0.05, 0.1) is 79.1 Å². The second-order valence-electron chi connectivity index (χ2n) is 11.8. The first-order valence-electron chi connectivity index (χ1n) is 15.3. The molecule has 0 saturated carbocycles. The van der Waals surface area contributed by atoms with E-state index < -0.39 is 23.4 Å². The highest BCUT2D eigenvalue weighted by Crippen LogP contribution is 2.09.